The molecule has 0 radical (unpaired) electrons. The number of methoxy groups -OCH3 is 1. The molecule has 0 atom stereocenters. The fraction of sp³-hybridized carbons (Fsp3) is 0.611. The maximum atomic E-state index is 11.0. The van der Waals surface area contributed by atoms with Crippen LogP contribution < -0.4 is 0 Å². The van der Waals surface area contributed by atoms with Crippen LogP contribution in [0, 0.1) is 5.41 Å². The molecule has 1 aromatic rings. The van der Waals surface area contributed by atoms with Crippen molar-refractivity contribution in [1.29, 1.82) is 0 Å². The van der Waals surface area contributed by atoms with Gasteiger partial charge < -0.3 is 14.6 Å². The van der Waals surface area contributed by atoms with Gasteiger partial charge in [0.15, 0.2) is 0 Å². The zero-order valence-corrected chi connectivity index (χ0v) is 13.5. The Morgan fingerprint density at radius 3 is 2.41 bits per heavy atom. The second-order valence-corrected chi connectivity index (χ2v) is 6.59. The van der Waals surface area contributed by atoms with Crippen LogP contribution in [0.25, 0.3) is 0 Å². The summed E-state index contributed by atoms with van der Waals surface area (Å²) in [5.41, 5.74) is 0.476. The molecular formula is C18H26O4. The van der Waals surface area contributed by atoms with Crippen molar-refractivity contribution in [1.82, 2.24) is 0 Å². The molecule has 1 aliphatic carbocycles. The van der Waals surface area contributed by atoms with E-state index in [4.69, 9.17) is 4.74 Å². The molecule has 4 heteroatoms. The number of hydrogen-bond acceptors (Lipinski definition) is 4. The van der Waals surface area contributed by atoms with Gasteiger partial charge in [0.1, 0.15) is 6.61 Å². The minimum atomic E-state index is -0.701. The fourth-order valence-corrected chi connectivity index (χ4v) is 3.09. The lowest BCUT2D eigenvalue weighted by Gasteiger charge is -2.42. The first kappa shape index (κ1) is 17.0. The SMILES string of the molecule is COC(=O)COCCC1(C)CCC(O)(c2ccccc2)CC1. The van der Waals surface area contributed by atoms with E-state index in [2.05, 4.69) is 11.7 Å². The van der Waals surface area contributed by atoms with Gasteiger partial charge in [-0.25, -0.2) is 4.79 Å². The molecule has 122 valence electrons. The van der Waals surface area contributed by atoms with Gasteiger partial charge in [0.2, 0.25) is 0 Å². The summed E-state index contributed by atoms with van der Waals surface area (Å²) in [4.78, 5) is 11.0. The Morgan fingerprint density at radius 1 is 1.18 bits per heavy atom. The van der Waals surface area contributed by atoms with Crippen LogP contribution in [0.15, 0.2) is 30.3 Å². The minimum Gasteiger partial charge on any atom is -0.467 e. The van der Waals surface area contributed by atoms with Crippen molar-refractivity contribution in [3.05, 3.63) is 35.9 Å². The van der Waals surface area contributed by atoms with Crippen LogP contribution in [0.1, 0.15) is 44.6 Å². The van der Waals surface area contributed by atoms with Crippen LogP contribution in [0.2, 0.25) is 0 Å². The highest BCUT2D eigenvalue weighted by molar-refractivity contribution is 5.70. The van der Waals surface area contributed by atoms with Gasteiger partial charge in [-0.3, -0.25) is 0 Å². The first-order valence-corrected chi connectivity index (χ1v) is 7.90. The van der Waals surface area contributed by atoms with Gasteiger partial charge in [-0.05, 0) is 43.1 Å². The number of benzene rings is 1. The predicted molar refractivity (Wildman–Crippen MR) is 84.4 cm³/mol. The molecule has 0 saturated heterocycles. The third-order valence-electron chi connectivity index (χ3n) is 4.89. The standard InChI is InChI=1S/C18H26O4/c1-17(12-13-22-14-16(19)21-2)8-10-18(20,11-9-17)15-6-4-3-5-7-15/h3-7,20H,8-14H2,1-2H3. The number of carbonyl (C=O) groups excluding carboxylic acids is 1. The Balaban J connectivity index is 1.81. The maximum absolute atomic E-state index is 11.0. The van der Waals surface area contributed by atoms with Gasteiger partial charge in [0, 0.05) is 6.61 Å². The van der Waals surface area contributed by atoms with E-state index in [1.807, 2.05) is 30.3 Å². The second kappa shape index (κ2) is 7.25. The molecule has 0 aromatic heterocycles. The molecule has 0 aliphatic heterocycles. The van der Waals surface area contributed by atoms with Crippen molar-refractivity contribution >= 4 is 5.97 Å². The number of aliphatic hydroxyl groups is 1. The van der Waals surface area contributed by atoms with E-state index in [-0.39, 0.29) is 18.0 Å². The summed E-state index contributed by atoms with van der Waals surface area (Å²) < 4.78 is 9.90. The van der Waals surface area contributed by atoms with Crippen LogP contribution >= 0.6 is 0 Å². The zero-order valence-electron chi connectivity index (χ0n) is 13.5. The van der Waals surface area contributed by atoms with Crippen LogP contribution in [0.5, 0.6) is 0 Å². The first-order chi connectivity index (χ1) is 10.5. The number of carbonyl (C=O) groups is 1. The molecule has 0 unspecified atom stereocenters. The Hall–Kier alpha value is -1.39. The Kier molecular flexibility index (Phi) is 5.59. The topological polar surface area (TPSA) is 55.8 Å². The summed E-state index contributed by atoms with van der Waals surface area (Å²) in [6.45, 7) is 2.80. The smallest absolute Gasteiger partial charge is 0.331 e. The van der Waals surface area contributed by atoms with Crippen molar-refractivity contribution in [3.63, 3.8) is 0 Å². The number of hydrogen-bond donors (Lipinski definition) is 1. The maximum Gasteiger partial charge on any atom is 0.331 e. The largest absolute Gasteiger partial charge is 0.467 e. The van der Waals surface area contributed by atoms with Gasteiger partial charge in [-0.1, -0.05) is 37.3 Å². The highest BCUT2D eigenvalue weighted by Gasteiger charge is 2.39. The van der Waals surface area contributed by atoms with Crippen molar-refractivity contribution in [2.45, 2.75) is 44.6 Å². The van der Waals surface area contributed by atoms with Gasteiger partial charge in [-0.15, -0.1) is 0 Å². The molecule has 1 aromatic carbocycles. The van der Waals surface area contributed by atoms with E-state index in [1.165, 1.54) is 7.11 Å². The normalized spacial score (nSPS) is 28.3. The summed E-state index contributed by atoms with van der Waals surface area (Å²) in [7, 11) is 1.36. The molecule has 0 heterocycles. The fourth-order valence-electron chi connectivity index (χ4n) is 3.09. The quantitative estimate of drug-likeness (QED) is 0.648. The summed E-state index contributed by atoms with van der Waals surface area (Å²) in [5, 5.41) is 10.9. The third-order valence-corrected chi connectivity index (χ3v) is 4.89. The summed E-state index contributed by atoms with van der Waals surface area (Å²) in [6, 6.07) is 9.92. The van der Waals surface area contributed by atoms with Crippen LogP contribution in [0.3, 0.4) is 0 Å². The molecule has 1 fully saturated rings. The average Bonchev–Trinajstić information content (AvgIpc) is 2.55. The summed E-state index contributed by atoms with van der Waals surface area (Å²) in [6.07, 6.45) is 4.35. The minimum absolute atomic E-state index is 0.0144. The molecule has 1 aliphatic rings. The Labute approximate surface area is 132 Å². The van der Waals surface area contributed by atoms with Gasteiger partial charge in [0.05, 0.1) is 12.7 Å². The number of rotatable bonds is 6. The van der Waals surface area contributed by atoms with Crippen LogP contribution in [-0.2, 0) is 19.9 Å². The van der Waals surface area contributed by atoms with Gasteiger partial charge in [0.25, 0.3) is 0 Å². The monoisotopic (exact) mass is 306 g/mol. The highest BCUT2D eigenvalue weighted by atomic mass is 16.6. The molecule has 22 heavy (non-hydrogen) atoms. The molecule has 0 bridgehead atoms. The van der Waals surface area contributed by atoms with Gasteiger partial charge in [-0.2, -0.15) is 0 Å². The predicted octanol–water partition coefficient (Wildman–Crippen LogP) is 3.03. The second-order valence-electron chi connectivity index (χ2n) is 6.59. The van der Waals surface area contributed by atoms with Crippen molar-refractivity contribution in [3.8, 4) is 0 Å². The van der Waals surface area contributed by atoms with Crippen LogP contribution in [0.4, 0.5) is 0 Å². The highest BCUT2D eigenvalue weighted by Crippen LogP contribution is 2.46. The number of ether oxygens (including phenoxy) is 2. The van der Waals surface area contributed by atoms with E-state index >= 15 is 0 Å². The lowest BCUT2D eigenvalue weighted by atomic mass is 9.66. The van der Waals surface area contributed by atoms with Crippen molar-refractivity contribution in [2.75, 3.05) is 20.3 Å². The first-order valence-electron chi connectivity index (χ1n) is 7.90. The average molecular weight is 306 g/mol. The molecule has 1 N–H and O–H groups in total. The van der Waals surface area contributed by atoms with E-state index in [9.17, 15) is 9.90 Å². The zero-order chi connectivity index (χ0) is 16.1. The van der Waals surface area contributed by atoms with Crippen molar-refractivity contribution < 1.29 is 19.4 Å². The third kappa shape index (κ3) is 4.31. The molecule has 0 spiro atoms. The van der Waals surface area contributed by atoms with E-state index in [0.29, 0.717) is 6.61 Å². The molecule has 0 amide bonds. The van der Waals surface area contributed by atoms with E-state index in [1.54, 1.807) is 0 Å². The Morgan fingerprint density at radius 2 is 1.82 bits per heavy atom. The van der Waals surface area contributed by atoms with Crippen molar-refractivity contribution in [2.24, 2.45) is 5.41 Å². The van der Waals surface area contributed by atoms with Gasteiger partial charge >= 0.3 is 5.97 Å². The lowest BCUT2D eigenvalue weighted by molar-refractivity contribution is -0.146. The molecule has 2 rings (SSSR count). The summed E-state index contributed by atoms with van der Waals surface area (Å²) >= 11 is 0. The Bertz CT molecular complexity index is 475. The lowest BCUT2D eigenvalue weighted by Crippen LogP contribution is -2.36. The molecule has 1 saturated carbocycles. The van der Waals surface area contributed by atoms with E-state index in [0.717, 1.165) is 37.7 Å². The molecular weight excluding hydrogens is 280 g/mol. The van der Waals surface area contributed by atoms with Crippen LogP contribution in [-0.4, -0.2) is 31.4 Å². The number of esters is 1. The van der Waals surface area contributed by atoms with E-state index < -0.39 is 5.60 Å². The molecule has 4 nitrogen and oxygen atoms in total. The summed E-state index contributed by atoms with van der Waals surface area (Å²) in [5.74, 6) is -0.341.